The van der Waals surface area contributed by atoms with Gasteiger partial charge in [-0.2, -0.15) is 0 Å². The molecule has 0 heterocycles. The monoisotopic (exact) mass is 238 g/mol. The van der Waals surface area contributed by atoms with Gasteiger partial charge in [0.05, 0.1) is 19.1 Å². The zero-order valence-corrected chi connectivity index (χ0v) is 9.96. The standard InChI is InChI=1S/C13H18O4/c1-17-13(16)7-5-3-2-4-6-10-11(14)8-9-12(10)15/h5,7-11,14H,2-4,6H2,1H3/t10-,11-/m0/s1. The Morgan fingerprint density at radius 1 is 1.53 bits per heavy atom. The molecule has 0 saturated carbocycles. The number of aliphatic hydroxyl groups excluding tert-OH is 1. The molecule has 1 rings (SSSR count). The van der Waals surface area contributed by atoms with E-state index in [2.05, 4.69) is 4.74 Å². The van der Waals surface area contributed by atoms with Crippen LogP contribution in [0.4, 0.5) is 0 Å². The van der Waals surface area contributed by atoms with Gasteiger partial charge in [-0.3, -0.25) is 4.79 Å². The van der Waals surface area contributed by atoms with Gasteiger partial charge in [-0.15, -0.1) is 0 Å². The van der Waals surface area contributed by atoms with Crippen molar-refractivity contribution in [2.24, 2.45) is 5.92 Å². The van der Waals surface area contributed by atoms with E-state index in [1.165, 1.54) is 19.3 Å². The lowest BCUT2D eigenvalue weighted by molar-refractivity contribution is -0.134. The van der Waals surface area contributed by atoms with Crippen LogP contribution in [-0.4, -0.2) is 30.1 Å². The molecule has 17 heavy (non-hydrogen) atoms. The second-order valence-electron chi connectivity index (χ2n) is 4.07. The maximum Gasteiger partial charge on any atom is 0.330 e. The van der Waals surface area contributed by atoms with Gasteiger partial charge in [0.1, 0.15) is 0 Å². The van der Waals surface area contributed by atoms with Crippen molar-refractivity contribution in [1.29, 1.82) is 0 Å². The Balaban J connectivity index is 2.11. The highest BCUT2D eigenvalue weighted by Crippen LogP contribution is 2.21. The second kappa shape index (κ2) is 7.01. The summed E-state index contributed by atoms with van der Waals surface area (Å²) in [6.45, 7) is 0. The first kappa shape index (κ1) is 13.6. The number of carbonyl (C=O) groups is 2. The van der Waals surface area contributed by atoms with E-state index >= 15 is 0 Å². The van der Waals surface area contributed by atoms with Gasteiger partial charge in [-0.25, -0.2) is 4.79 Å². The highest BCUT2D eigenvalue weighted by Gasteiger charge is 2.27. The van der Waals surface area contributed by atoms with E-state index in [4.69, 9.17) is 0 Å². The maximum atomic E-state index is 11.3. The molecule has 0 aromatic rings. The van der Waals surface area contributed by atoms with Crippen LogP contribution < -0.4 is 0 Å². The third-order valence-corrected chi connectivity index (χ3v) is 2.83. The van der Waals surface area contributed by atoms with Crippen LogP contribution in [0.15, 0.2) is 24.3 Å². The van der Waals surface area contributed by atoms with Crippen LogP contribution in [0, 0.1) is 5.92 Å². The number of hydrogen-bond donors (Lipinski definition) is 1. The molecular formula is C13H18O4. The lowest BCUT2D eigenvalue weighted by Crippen LogP contribution is -2.19. The molecule has 0 aliphatic heterocycles. The third kappa shape index (κ3) is 4.53. The first-order valence-corrected chi connectivity index (χ1v) is 5.79. The lowest BCUT2D eigenvalue weighted by atomic mass is 9.96. The molecule has 0 fully saturated rings. The molecule has 1 N–H and O–H groups in total. The van der Waals surface area contributed by atoms with Crippen molar-refractivity contribution in [3.63, 3.8) is 0 Å². The second-order valence-corrected chi connectivity index (χ2v) is 4.07. The van der Waals surface area contributed by atoms with Crippen LogP contribution in [0.3, 0.4) is 0 Å². The van der Waals surface area contributed by atoms with Gasteiger partial charge in [0.15, 0.2) is 5.78 Å². The molecule has 0 unspecified atom stereocenters. The van der Waals surface area contributed by atoms with Crippen molar-refractivity contribution in [3.05, 3.63) is 24.3 Å². The minimum absolute atomic E-state index is 0.0163. The summed E-state index contributed by atoms with van der Waals surface area (Å²) in [5, 5.41) is 9.48. The number of esters is 1. The number of hydrogen-bond acceptors (Lipinski definition) is 4. The zero-order valence-electron chi connectivity index (χ0n) is 9.96. The molecule has 0 saturated heterocycles. The van der Waals surface area contributed by atoms with E-state index in [9.17, 15) is 14.7 Å². The maximum absolute atomic E-state index is 11.3. The Labute approximate surface area is 101 Å². The summed E-state index contributed by atoms with van der Waals surface area (Å²) in [4.78, 5) is 22.1. The fraction of sp³-hybridized carbons (Fsp3) is 0.538. The molecule has 0 bridgehead atoms. The van der Waals surface area contributed by atoms with Gasteiger partial charge in [-0.05, 0) is 25.3 Å². The van der Waals surface area contributed by atoms with Crippen LogP contribution >= 0.6 is 0 Å². The van der Waals surface area contributed by atoms with Crippen LogP contribution in [0.25, 0.3) is 0 Å². The summed E-state index contributed by atoms with van der Waals surface area (Å²) >= 11 is 0. The molecule has 94 valence electrons. The lowest BCUT2D eigenvalue weighted by Gasteiger charge is -2.11. The van der Waals surface area contributed by atoms with E-state index in [0.717, 1.165) is 19.3 Å². The Hall–Kier alpha value is -1.42. The molecule has 4 heteroatoms. The summed E-state index contributed by atoms with van der Waals surface area (Å²) in [6.07, 6.45) is 8.77. The summed E-state index contributed by atoms with van der Waals surface area (Å²) < 4.78 is 4.45. The van der Waals surface area contributed by atoms with Crippen molar-refractivity contribution in [3.8, 4) is 0 Å². The predicted octanol–water partition coefficient (Wildman–Crippen LogP) is 1.39. The average molecular weight is 238 g/mol. The van der Waals surface area contributed by atoms with Crippen LogP contribution in [0.2, 0.25) is 0 Å². The number of methoxy groups -OCH3 is 1. The summed E-state index contributed by atoms with van der Waals surface area (Å²) in [7, 11) is 1.34. The fourth-order valence-electron chi connectivity index (χ4n) is 1.81. The van der Waals surface area contributed by atoms with Gasteiger partial charge >= 0.3 is 5.97 Å². The Kier molecular flexibility index (Phi) is 5.63. The van der Waals surface area contributed by atoms with Crippen LogP contribution in [0.5, 0.6) is 0 Å². The highest BCUT2D eigenvalue weighted by molar-refractivity contribution is 5.94. The number of ketones is 1. The SMILES string of the molecule is COC(=O)C=CCCCC[C@@H]1C(=O)C=C[C@@H]1O. The van der Waals surface area contributed by atoms with Gasteiger partial charge in [0, 0.05) is 6.08 Å². The molecule has 0 radical (unpaired) electrons. The zero-order chi connectivity index (χ0) is 12.7. The van der Waals surface area contributed by atoms with Crippen molar-refractivity contribution in [1.82, 2.24) is 0 Å². The molecular weight excluding hydrogens is 220 g/mol. The van der Waals surface area contributed by atoms with E-state index in [1.54, 1.807) is 12.2 Å². The van der Waals surface area contributed by atoms with Gasteiger partial charge in [0.2, 0.25) is 0 Å². The normalized spacial score (nSPS) is 23.5. The number of unbranched alkanes of at least 4 members (excludes halogenated alkanes) is 2. The molecule has 1 aliphatic carbocycles. The van der Waals surface area contributed by atoms with Crippen molar-refractivity contribution in [2.45, 2.75) is 31.8 Å². The fourth-order valence-corrected chi connectivity index (χ4v) is 1.81. The quantitative estimate of drug-likeness (QED) is 0.431. The van der Waals surface area contributed by atoms with Gasteiger partial charge in [0.25, 0.3) is 0 Å². The Morgan fingerprint density at radius 2 is 2.29 bits per heavy atom. The van der Waals surface area contributed by atoms with Crippen molar-refractivity contribution in [2.75, 3.05) is 7.11 Å². The largest absolute Gasteiger partial charge is 0.466 e. The third-order valence-electron chi connectivity index (χ3n) is 2.83. The van der Waals surface area contributed by atoms with E-state index < -0.39 is 6.10 Å². The van der Waals surface area contributed by atoms with Crippen molar-refractivity contribution >= 4 is 11.8 Å². The minimum Gasteiger partial charge on any atom is -0.466 e. The number of rotatable bonds is 6. The van der Waals surface area contributed by atoms with E-state index in [1.807, 2.05) is 0 Å². The molecule has 0 aromatic heterocycles. The highest BCUT2D eigenvalue weighted by atomic mass is 16.5. The smallest absolute Gasteiger partial charge is 0.330 e. The van der Waals surface area contributed by atoms with Gasteiger partial charge < -0.3 is 9.84 Å². The van der Waals surface area contributed by atoms with Crippen LogP contribution in [0.1, 0.15) is 25.7 Å². The summed E-state index contributed by atoms with van der Waals surface area (Å²) in [5.74, 6) is -0.599. The summed E-state index contributed by atoms with van der Waals surface area (Å²) in [5.41, 5.74) is 0. The topological polar surface area (TPSA) is 63.6 Å². The van der Waals surface area contributed by atoms with Crippen LogP contribution in [-0.2, 0) is 14.3 Å². The average Bonchev–Trinajstić information content (AvgIpc) is 2.64. The Bertz CT molecular complexity index is 330. The molecule has 4 nitrogen and oxygen atoms in total. The van der Waals surface area contributed by atoms with Crippen molar-refractivity contribution < 1.29 is 19.4 Å². The summed E-state index contributed by atoms with van der Waals surface area (Å²) in [6, 6.07) is 0. The molecule has 0 amide bonds. The van der Waals surface area contributed by atoms with E-state index in [0.29, 0.717) is 6.42 Å². The molecule has 2 atom stereocenters. The molecule has 0 spiro atoms. The van der Waals surface area contributed by atoms with E-state index in [-0.39, 0.29) is 17.7 Å². The predicted molar refractivity (Wildman–Crippen MR) is 63.3 cm³/mol. The van der Waals surface area contributed by atoms with Gasteiger partial charge in [-0.1, -0.05) is 18.6 Å². The number of aliphatic hydroxyl groups is 1. The minimum atomic E-state index is -0.617. The molecule has 0 aromatic carbocycles. The molecule has 1 aliphatic rings. The first-order valence-electron chi connectivity index (χ1n) is 5.79. The Morgan fingerprint density at radius 3 is 2.88 bits per heavy atom. The number of carbonyl (C=O) groups excluding carboxylic acids is 2. The number of ether oxygens (including phenoxy) is 1. The number of allylic oxidation sites excluding steroid dienone is 2. The first-order chi connectivity index (χ1) is 8.15.